The molecule has 1 fully saturated rings. The third-order valence-electron chi connectivity index (χ3n) is 3.26. The van der Waals surface area contributed by atoms with Crippen LogP contribution in [0.15, 0.2) is 54.9 Å². The van der Waals surface area contributed by atoms with Gasteiger partial charge in [0, 0.05) is 18.9 Å². The molecule has 1 aromatic carbocycles. The number of hydrogen-bond donors (Lipinski definition) is 0. The molecular formula is C15H14N2O2. The van der Waals surface area contributed by atoms with E-state index in [-0.39, 0.29) is 12.1 Å². The van der Waals surface area contributed by atoms with Gasteiger partial charge in [0.25, 0.3) is 0 Å². The highest BCUT2D eigenvalue weighted by molar-refractivity contribution is 5.70. The second-order valence-corrected chi connectivity index (χ2v) is 4.49. The molecule has 1 atom stereocenters. The number of hydrogen-bond acceptors (Lipinski definition) is 3. The van der Waals surface area contributed by atoms with Crippen molar-refractivity contribution in [2.24, 2.45) is 0 Å². The van der Waals surface area contributed by atoms with Crippen LogP contribution >= 0.6 is 0 Å². The fraction of sp³-hybridized carbons (Fsp3) is 0.200. The number of pyridine rings is 1. The van der Waals surface area contributed by atoms with Crippen molar-refractivity contribution in [1.29, 1.82) is 0 Å². The summed E-state index contributed by atoms with van der Waals surface area (Å²) in [7, 11) is 0. The van der Waals surface area contributed by atoms with Gasteiger partial charge in [0.1, 0.15) is 6.61 Å². The number of carbonyl (C=O) groups excluding carboxylic acids is 1. The maximum atomic E-state index is 11.9. The molecule has 0 saturated carbocycles. The Morgan fingerprint density at radius 2 is 1.89 bits per heavy atom. The molecule has 0 spiro atoms. The zero-order valence-corrected chi connectivity index (χ0v) is 10.4. The standard InChI is InChI=1S/C15H14N2O2/c18-15-17(10-12-6-8-16-9-7-12)14(11-19-15)13-4-2-1-3-5-13/h1-9,14H,10-11H2/t14-/m1/s1. The van der Waals surface area contributed by atoms with Gasteiger partial charge in [-0.2, -0.15) is 0 Å². The second-order valence-electron chi connectivity index (χ2n) is 4.49. The van der Waals surface area contributed by atoms with E-state index < -0.39 is 0 Å². The Bertz CT molecular complexity index is 557. The zero-order chi connectivity index (χ0) is 13.1. The number of benzene rings is 1. The lowest BCUT2D eigenvalue weighted by Gasteiger charge is -2.21. The number of nitrogens with zero attached hydrogens (tertiary/aromatic N) is 2. The van der Waals surface area contributed by atoms with Crippen LogP contribution in [0.25, 0.3) is 0 Å². The smallest absolute Gasteiger partial charge is 0.410 e. The molecular weight excluding hydrogens is 240 g/mol. The van der Waals surface area contributed by atoms with Crippen LogP contribution in [-0.2, 0) is 11.3 Å². The molecule has 0 radical (unpaired) electrons. The Labute approximate surface area is 111 Å². The van der Waals surface area contributed by atoms with Gasteiger partial charge in [-0.15, -0.1) is 0 Å². The molecule has 4 heteroatoms. The molecule has 0 aliphatic carbocycles. The number of rotatable bonds is 3. The Kier molecular flexibility index (Phi) is 3.14. The molecule has 1 saturated heterocycles. The van der Waals surface area contributed by atoms with E-state index in [0.29, 0.717) is 13.2 Å². The summed E-state index contributed by atoms with van der Waals surface area (Å²) in [5.41, 5.74) is 2.15. The number of cyclic esters (lactones) is 1. The van der Waals surface area contributed by atoms with E-state index in [4.69, 9.17) is 4.74 Å². The molecule has 0 N–H and O–H groups in total. The maximum absolute atomic E-state index is 11.9. The second kappa shape index (κ2) is 5.10. The fourth-order valence-electron chi connectivity index (χ4n) is 2.26. The molecule has 19 heavy (non-hydrogen) atoms. The predicted octanol–water partition coefficient (Wildman–Crippen LogP) is 2.78. The number of aromatic nitrogens is 1. The van der Waals surface area contributed by atoms with Crippen molar-refractivity contribution in [2.75, 3.05) is 6.61 Å². The Hall–Kier alpha value is -2.36. The predicted molar refractivity (Wildman–Crippen MR) is 70.3 cm³/mol. The third kappa shape index (κ3) is 2.42. The lowest BCUT2D eigenvalue weighted by atomic mass is 10.1. The average molecular weight is 254 g/mol. The molecule has 1 aliphatic heterocycles. The lowest BCUT2D eigenvalue weighted by Crippen LogP contribution is -2.27. The van der Waals surface area contributed by atoms with Crippen LogP contribution in [0.3, 0.4) is 0 Å². The van der Waals surface area contributed by atoms with Crippen molar-refractivity contribution >= 4 is 6.09 Å². The summed E-state index contributed by atoms with van der Waals surface area (Å²) in [5, 5.41) is 0. The van der Waals surface area contributed by atoms with Gasteiger partial charge in [0.2, 0.25) is 0 Å². The van der Waals surface area contributed by atoms with Crippen molar-refractivity contribution in [1.82, 2.24) is 9.88 Å². The first-order valence-corrected chi connectivity index (χ1v) is 6.22. The molecule has 2 heterocycles. The van der Waals surface area contributed by atoms with Crippen LogP contribution in [0.4, 0.5) is 4.79 Å². The van der Waals surface area contributed by atoms with Gasteiger partial charge >= 0.3 is 6.09 Å². The molecule has 1 aromatic heterocycles. The maximum Gasteiger partial charge on any atom is 0.410 e. The summed E-state index contributed by atoms with van der Waals surface area (Å²) in [6.07, 6.45) is 3.20. The van der Waals surface area contributed by atoms with Gasteiger partial charge in [-0.05, 0) is 23.3 Å². The molecule has 1 aliphatic rings. The van der Waals surface area contributed by atoms with E-state index in [0.717, 1.165) is 11.1 Å². The molecule has 3 rings (SSSR count). The highest BCUT2D eigenvalue weighted by Crippen LogP contribution is 2.28. The SMILES string of the molecule is O=C1OC[C@H](c2ccccc2)N1Cc1ccncc1. The molecule has 4 nitrogen and oxygen atoms in total. The summed E-state index contributed by atoms with van der Waals surface area (Å²) in [4.78, 5) is 17.6. The number of amides is 1. The van der Waals surface area contributed by atoms with E-state index in [1.54, 1.807) is 17.3 Å². The van der Waals surface area contributed by atoms with E-state index in [1.807, 2.05) is 42.5 Å². The first kappa shape index (κ1) is 11.7. The van der Waals surface area contributed by atoms with Gasteiger partial charge in [0.05, 0.1) is 6.04 Å². The Balaban J connectivity index is 1.83. The van der Waals surface area contributed by atoms with E-state index >= 15 is 0 Å². The fourth-order valence-corrected chi connectivity index (χ4v) is 2.26. The zero-order valence-electron chi connectivity index (χ0n) is 10.4. The van der Waals surface area contributed by atoms with E-state index in [9.17, 15) is 4.79 Å². The Morgan fingerprint density at radius 3 is 2.63 bits per heavy atom. The number of carbonyl (C=O) groups is 1. The Morgan fingerprint density at radius 1 is 1.16 bits per heavy atom. The minimum Gasteiger partial charge on any atom is -0.447 e. The first-order valence-electron chi connectivity index (χ1n) is 6.22. The van der Waals surface area contributed by atoms with Crippen molar-refractivity contribution in [3.05, 3.63) is 66.0 Å². The normalized spacial score (nSPS) is 18.4. The summed E-state index contributed by atoms with van der Waals surface area (Å²) in [5.74, 6) is 0. The molecule has 0 bridgehead atoms. The van der Waals surface area contributed by atoms with Crippen LogP contribution in [0.2, 0.25) is 0 Å². The summed E-state index contributed by atoms with van der Waals surface area (Å²) in [6, 6.07) is 13.8. The van der Waals surface area contributed by atoms with Crippen molar-refractivity contribution < 1.29 is 9.53 Å². The third-order valence-corrected chi connectivity index (χ3v) is 3.26. The summed E-state index contributed by atoms with van der Waals surface area (Å²) >= 11 is 0. The largest absolute Gasteiger partial charge is 0.447 e. The average Bonchev–Trinajstić information content (AvgIpc) is 2.82. The van der Waals surface area contributed by atoms with E-state index in [1.165, 1.54) is 0 Å². The highest BCUT2D eigenvalue weighted by atomic mass is 16.6. The van der Waals surface area contributed by atoms with Crippen molar-refractivity contribution in [3.63, 3.8) is 0 Å². The van der Waals surface area contributed by atoms with Gasteiger partial charge in [-0.1, -0.05) is 30.3 Å². The molecule has 2 aromatic rings. The summed E-state index contributed by atoms with van der Waals surface area (Å²) < 4.78 is 5.18. The van der Waals surface area contributed by atoms with Gasteiger partial charge in [-0.25, -0.2) is 4.79 Å². The highest BCUT2D eigenvalue weighted by Gasteiger charge is 2.33. The monoisotopic (exact) mass is 254 g/mol. The topological polar surface area (TPSA) is 42.4 Å². The summed E-state index contributed by atoms with van der Waals surface area (Å²) in [6.45, 7) is 0.953. The molecule has 1 amide bonds. The first-order chi connectivity index (χ1) is 9.34. The van der Waals surface area contributed by atoms with Crippen LogP contribution in [0.5, 0.6) is 0 Å². The van der Waals surface area contributed by atoms with Crippen LogP contribution in [0.1, 0.15) is 17.2 Å². The molecule has 96 valence electrons. The van der Waals surface area contributed by atoms with Crippen molar-refractivity contribution in [3.8, 4) is 0 Å². The van der Waals surface area contributed by atoms with Gasteiger partial charge in [0.15, 0.2) is 0 Å². The van der Waals surface area contributed by atoms with Gasteiger partial charge < -0.3 is 4.74 Å². The van der Waals surface area contributed by atoms with Crippen molar-refractivity contribution in [2.45, 2.75) is 12.6 Å². The minimum atomic E-state index is -0.259. The number of ether oxygens (including phenoxy) is 1. The van der Waals surface area contributed by atoms with Gasteiger partial charge in [-0.3, -0.25) is 9.88 Å². The minimum absolute atomic E-state index is 0.0122. The van der Waals surface area contributed by atoms with Crippen LogP contribution in [0, 0.1) is 0 Å². The lowest BCUT2D eigenvalue weighted by molar-refractivity contribution is 0.156. The van der Waals surface area contributed by atoms with E-state index in [2.05, 4.69) is 4.98 Å². The molecule has 0 unspecified atom stereocenters. The van der Waals surface area contributed by atoms with Crippen LogP contribution in [-0.4, -0.2) is 22.6 Å². The quantitative estimate of drug-likeness (QED) is 0.845. The van der Waals surface area contributed by atoms with Crippen LogP contribution < -0.4 is 0 Å².